The van der Waals surface area contributed by atoms with Gasteiger partial charge in [-0.2, -0.15) is 4.98 Å². The fraction of sp³-hybridized carbons (Fsp3) is 0. The lowest BCUT2D eigenvalue weighted by atomic mass is 10.0. The van der Waals surface area contributed by atoms with Gasteiger partial charge in [-0.1, -0.05) is 109 Å². The fourth-order valence-electron chi connectivity index (χ4n) is 8.25. The summed E-state index contributed by atoms with van der Waals surface area (Å²) in [5.41, 5.74) is 10.1. The molecule has 6 heteroatoms. The molecule has 0 saturated carbocycles. The van der Waals surface area contributed by atoms with Gasteiger partial charge in [-0.15, -0.1) is 0 Å². The van der Waals surface area contributed by atoms with Crippen LogP contribution in [-0.2, 0) is 0 Å². The highest BCUT2D eigenvalue weighted by Gasteiger charge is 2.27. The molecule has 242 valence electrons. The van der Waals surface area contributed by atoms with Crippen molar-refractivity contribution < 1.29 is 4.42 Å². The summed E-state index contributed by atoms with van der Waals surface area (Å²) < 4.78 is 11.3. The van der Waals surface area contributed by atoms with Gasteiger partial charge in [-0.05, 0) is 71.4 Å². The predicted molar refractivity (Wildman–Crippen MR) is 213 cm³/mol. The Morgan fingerprint density at radius 2 is 1.25 bits per heavy atom. The summed E-state index contributed by atoms with van der Waals surface area (Å²) in [6.07, 6.45) is 0. The maximum Gasteiger partial charge on any atom is 0.231 e. The molecular weight excluding hydrogens is 657 g/mol. The Labute approximate surface area is 301 Å². The first-order chi connectivity index (χ1) is 25.8. The van der Waals surface area contributed by atoms with Gasteiger partial charge in [0.05, 0.1) is 27.8 Å². The quantitative estimate of drug-likeness (QED) is 0.186. The van der Waals surface area contributed by atoms with Crippen LogP contribution in [0, 0.1) is 0 Å². The summed E-state index contributed by atoms with van der Waals surface area (Å²) in [7, 11) is 0. The number of aromatic nitrogens is 4. The standard InChI is InChI=1S/C46H26N4OS/c1-2-11-29-26-30(21-20-27(29)10-1)42-41-33-13-4-7-17-37(33)51-45(41)48-44(47-42)28-22-24-31(25-23-28)49-35-15-5-3-12-32(35)40-34-14-9-19-39-43(34)50(46(40)49)36-16-6-8-18-38(36)52-39/h1-26H. The van der Waals surface area contributed by atoms with Gasteiger partial charge in [-0.3, -0.25) is 9.13 Å². The molecule has 0 saturated heterocycles. The highest BCUT2D eigenvalue weighted by Crippen LogP contribution is 2.49. The second kappa shape index (κ2) is 10.4. The van der Waals surface area contributed by atoms with Gasteiger partial charge >= 0.3 is 0 Å². The van der Waals surface area contributed by atoms with Gasteiger partial charge < -0.3 is 4.42 Å². The Bertz CT molecular complexity index is 3280. The Morgan fingerprint density at radius 1 is 0.519 bits per heavy atom. The summed E-state index contributed by atoms with van der Waals surface area (Å²) in [5, 5.41) is 8.09. The molecule has 0 fully saturated rings. The molecule has 4 aromatic heterocycles. The van der Waals surface area contributed by atoms with Crippen LogP contribution in [-0.4, -0.2) is 19.1 Å². The molecule has 0 unspecified atom stereocenters. The van der Waals surface area contributed by atoms with E-state index in [-0.39, 0.29) is 0 Å². The molecule has 1 aliphatic rings. The topological polar surface area (TPSA) is 48.8 Å². The number of fused-ring (bicyclic) bond motifs is 11. The molecule has 0 radical (unpaired) electrons. The number of nitrogens with zero attached hydrogens (tertiary/aromatic N) is 4. The SMILES string of the molecule is c1ccc2c(c1)Sc1cccc3c4c5ccccc5n(-c5ccc(-c6nc(-c7ccc8ccccc8c7)c7c(n6)oc6ccccc67)cc5)c4n-2c13. The zero-order chi connectivity index (χ0) is 33.9. The second-order valence-corrected chi connectivity index (χ2v) is 14.5. The minimum absolute atomic E-state index is 0.586. The zero-order valence-electron chi connectivity index (χ0n) is 27.6. The van der Waals surface area contributed by atoms with E-state index in [2.05, 4.69) is 149 Å². The van der Waals surface area contributed by atoms with E-state index in [0.29, 0.717) is 11.5 Å². The van der Waals surface area contributed by atoms with Crippen LogP contribution in [0.2, 0.25) is 0 Å². The first kappa shape index (κ1) is 28.1. The van der Waals surface area contributed by atoms with Crippen molar-refractivity contribution in [2.75, 3.05) is 0 Å². The molecule has 12 rings (SSSR count). The van der Waals surface area contributed by atoms with E-state index >= 15 is 0 Å². The Morgan fingerprint density at radius 3 is 2.17 bits per heavy atom. The molecular formula is C46H26N4OS. The number of benzene rings is 7. The van der Waals surface area contributed by atoms with Gasteiger partial charge in [0, 0.05) is 48.2 Å². The molecule has 1 aliphatic heterocycles. The third kappa shape index (κ3) is 3.84. The second-order valence-electron chi connectivity index (χ2n) is 13.4. The molecule has 0 amide bonds. The fourth-order valence-corrected chi connectivity index (χ4v) is 9.34. The van der Waals surface area contributed by atoms with Crippen molar-refractivity contribution in [3.8, 4) is 34.0 Å². The van der Waals surface area contributed by atoms with Crippen molar-refractivity contribution in [3.63, 3.8) is 0 Å². The highest BCUT2D eigenvalue weighted by molar-refractivity contribution is 7.99. The predicted octanol–water partition coefficient (Wildman–Crippen LogP) is 12.4. The van der Waals surface area contributed by atoms with Crippen molar-refractivity contribution in [1.82, 2.24) is 19.1 Å². The molecule has 0 N–H and O–H groups in total. The first-order valence-electron chi connectivity index (χ1n) is 17.4. The Hall–Kier alpha value is -6.63. The largest absolute Gasteiger partial charge is 0.438 e. The van der Waals surface area contributed by atoms with Gasteiger partial charge in [-0.25, -0.2) is 4.98 Å². The van der Waals surface area contributed by atoms with Crippen LogP contribution >= 0.6 is 11.8 Å². The minimum atomic E-state index is 0.586. The van der Waals surface area contributed by atoms with Crippen LogP contribution in [0.5, 0.6) is 0 Å². The molecule has 0 bridgehead atoms. The Kier molecular flexibility index (Phi) is 5.65. The van der Waals surface area contributed by atoms with E-state index < -0.39 is 0 Å². The van der Waals surface area contributed by atoms with E-state index in [4.69, 9.17) is 14.4 Å². The zero-order valence-corrected chi connectivity index (χ0v) is 28.4. The molecule has 0 aliphatic carbocycles. The van der Waals surface area contributed by atoms with Gasteiger partial charge in [0.2, 0.25) is 5.71 Å². The molecule has 5 heterocycles. The number of rotatable bonds is 3. The lowest BCUT2D eigenvalue weighted by Gasteiger charge is -2.21. The summed E-state index contributed by atoms with van der Waals surface area (Å²) in [4.78, 5) is 12.8. The number of hydrogen-bond acceptors (Lipinski definition) is 4. The molecule has 11 aromatic rings. The van der Waals surface area contributed by atoms with Crippen LogP contribution in [0.25, 0.3) is 99.7 Å². The van der Waals surface area contributed by atoms with Crippen LogP contribution in [0.4, 0.5) is 0 Å². The van der Waals surface area contributed by atoms with Gasteiger partial charge in [0.1, 0.15) is 11.2 Å². The normalized spacial score (nSPS) is 12.5. The maximum absolute atomic E-state index is 6.38. The van der Waals surface area contributed by atoms with Crippen molar-refractivity contribution in [2.24, 2.45) is 0 Å². The van der Waals surface area contributed by atoms with Gasteiger partial charge in [0.25, 0.3) is 0 Å². The van der Waals surface area contributed by atoms with E-state index in [1.54, 1.807) is 0 Å². The molecule has 0 atom stereocenters. The van der Waals surface area contributed by atoms with Crippen LogP contribution in [0.15, 0.2) is 172 Å². The van der Waals surface area contributed by atoms with Crippen LogP contribution in [0.1, 0.15) is 0 Å². The maximum atomic E-state index is 6.38. The minimum Gasteiger partial charge on any atom is -0.438 e. The summed E-state index contributed by atoms with van der Waals surface area (Å²) >= 11 is 1.85. The van der Waals surface area contributed by atoms with E-state index in [9.17, 15) is 0 Å². The van der Waals surface area contributed by atoms with Crippen molar-refractivity contribution in [1.29, 1.82) is 0 Å². The summed E-state index contributed by atoms with van der Waals surface area (Å²) in [6.45, 7) is 0. The van der Waals surface area contributed by atoms with Crippen LogP contribution in [0.3, 0.4) is 0 Å². The third-order valence-corrected chi connectivity index (χ3v) is 11.6. The smallest absolute Gasteiger partial charge is 0.231 e. The molecule has 7 aromatic carbocycles. The Balaban J connectivity index is 1.08. The highest BCUT2D eigenvalue weighted by atomic mass is 32.2. The monoisotopic (exact) mass is 682 g/mol. The third-order valence-electron chi connectivity index (χ3n) is 10.5. The van der Waals surface area contributed by atoms with Crippen LogP contribution < -0.4 is 0 Å². The van der Waals surface area contributed by atoms with E-state index in [1.165, 1.54) is 59.1 Å². The summed E-state index contributed by atoms with van der Waals surface area (Å²) in [6, 6.07) is 55.9. The van der Waals surface area contributed by atoms with Crippen molar-refractivity contribution >= 4 is 77.4 Å². The molecule has 5 nitrogen and oxygen atoms in total. The lowest BCUT2D eigenvalue weighted by molar-refractivity contribution is 0.653. The van der Waals surface area contributed by atoms with Crippen molar-refractivity contribution in [3.05, 3.63) is 158 Å². The molecule has 52 heavy (non-hydrogen) atoms. The summed E-state index contributed by atoms with van der Waals surface area (Å²) in [5.74, 6) is 0.628. The van der Waals surface area contributed by atoms with E-state index in [1.807, 2.05) is 30.0 Å². The number of para-hydroxylation sites is 4. The number of furan rings is 1. The first-order valence-corrected chi connectivity index (χ1v) is 18.2. The van der Waals surface area contributed by atoms with Crippen molar-refractivity contribution in [2.45, 2.75) is 9.79 Å². The molecule has 0 spiro atoms. The average Bonchev–Trinajstić information content (AvgIpc) is 3.86. The van der Waals surface area contributed by atoms with Gasteiger partial charge in [0.15, 0.2) is 5.82 Å². The lowest BCUT2D eigenvalue weighted by Crippen LogP contribution is -2.05. The average molecular weight is 683 g/mol. The van der Waals surface area contributed by atoms with E-state index in [0.717, 1.165) is 38.9 Å². The number of hydrogen-bond donors (Lipinski definition) is 0.